The Morgan fingerprint density at radius 2 is 2.04 bits per heavy atom. The van der Waals surface area contributed by atoms with E-state index >= 15 is 0 Å². The lowest BCUT2D eigenvalue weighted by molar-refractivity contribution is -0.117. The lowest BCUT2D eigenvalue weighted by atomic mass is 9.92. The van der Waals surface area contributed by atoms with E-state index < -0.39 is 0 Å². The number of aromatic nitrogens is 1. The molecule has 2 amide bonds. The van der Waals surface area contributed by atoms with Gasteiger partial charge in [0.05, 0.1) is 5.56 Å². The first kappa shape index (κ1) is 17.1. The van der Waals surface area contributed by atoms with E-state index in [4.69, 9.17) is 0 Å². The van der Waals surface area contributed by atoms with Gasteiger partial charge in [-0.1, -0.05) is 26.8 Å². The second-order valence-corrected chi connectivity index (χ2v) is 7.58. The molecule has 2 aromatic rings. The van der Waals surface area contributed by atoms with Crippen molar-refractivity contribution in [2.24, 2.45) is 5.41 Å². The number of carbonyl (C=O) groups is 2. The maximum absolute atomic E-state index is 12.7. The summed E-state index contributed by atoms with van der Waals surface area (Å²) >= 11 is 0. The number of hydrogen-bond acceptors (Lipinski definition) is 3. The number of fused-ring (bicyclic) bond motifs is 1. The van der Waals surface area contributed by atoms with Gasteiger partial charge in [0.2, 0.25) is 5.91 Å². The summed E-state index contributed by atoms with van der Waals surface area (Å²) in [7, 11) is 0. The second-order valence-electron chi connectivity index (χ2n) is 7.58. The first-order valence-corrected chi connectivity index (χ1v) is 8.48. The smallest absolute Gasteiger partial charge is 0.259 e. The van der Waals surface area contributed by atoms with Gasteiger partial charge in [-0.3, -0.25) is 14.6 Å². The van der Waals surface area contributed by atoms with Crippen molar-refractivity contribution in [3.63, 3.8) is 0 Å². The maximum atomic E-state index is 12.7. The third-order valence-electron chi connectivity index (χ3n) is 4.11. The number of carbonyl (C=O) groups excluding carboxylic acids is 2. The molecule has 1 aliphatic heterocycles. The Bertz CT molecular complexity index is 794. The average molecular weight is 337 g/mol. The third-order valence-corrected chi connectivity index (χ3v) is 4.11. The molecule has 5 heteroatoms. The highest BCUT2D eigenvalue weighted by Gasteiger charge is 2.26. The zero-order valence-corrected chi connectivity index (χ0v) is 14.9. The van der Waals surface area contributed by atoms with Gasteiger partial charge < -0.3 is 10.2 Å². The molecule has 0 spiro atoms. The van der Waals surface area contributed by atoms with Crippen LogP contribution in [0.25, 0.3) is 0 Å². The molecular formula is C20H23N3O2. The topological polar surface area (TPSA) is 62.3 Å². The first-order chi connectivity index (χ1) is 11.8. The summed E-state index contributed by atoms with van der Waals surface area (Å²) in [4.78, 5) is 30.7. The summed E-state index contributed by atoms with van der Waals surface area (Å²) in [5.41, 5.74) is 3.20. The van der Waals surface area contributed by atoms with E-state index in [2.05, 4.69) is 10.3 Å². The molecule has 0 saturated heterocycles. The van der Waals surface area contributed by atoms with Crippen LogP contribution in [0, 0.1) is 5.41 Å². The summed E-state index contributed by atoms with van der Waals surface area (Å²) in [5, 5.41) is 2.94. The van der Waals surface area contributed by atoms with Crippen LogP contribution in [0.3, 0.4) is 0 Å². The fourth-order valence-corrected chi connectivity index (χ4v) is 3.00. The SMILES string of the molecule is CC(C)(C)CC(=O)Nc1ccc2c(c1)N(C(=O)c1cccnc1)CC2. The molecule has 1 aromatic heterocycles. The van der Waals surface area contributed by atoms with Crippen molar-refractivity contribution >= 4 is 23.2 Å². The van der Waals surface area contributed by atoms with E-state index in [9.17, 15) is 9.59 Å². The molecule has 0 radical (unpaired) electrons. The molecule has 1 N–H and O–H groups in total. The van der Waals surface area contributed by atoms with Gasteiger partial charge in [-0.2, -0.15) is 0 Å². The Balaban J connectivity index is 1.80. The minimum absolute atomic E-state index is 0.0180. The molecule has 25 heavy (non-hydrogen) atoms. The van der Waals surface area contributed by atoms with E-state index in [0.29, 0.717) is 18.5 Å². The quantitative estimate of drug-likeness (QED) is 0.930. The van der Waals surface area contributed by atoms with Gasteiger partial charge in [0.1, 0.15) is 0 Å². The standard InChI is InChI=1S/C20H23N3O2/c1-20(2,3)12-18(24)22-16-7-6-14-8-10-23(17(14)11-16)19(25)15-5-4-9-21-13-15/h4-7,9,11,13H,8,10,12H2,1-3H3,(H,22,24). The fraction of sp³-hybridized carbons (Fsp3) is 0.350. The molecule has 0 bridgehead atoms. The van der Waals surface area contributed by atoms with Crippen molar-refractivity contribution < 1.29 is 9.59 Å². The van der Waals surface area contributed by atoms with Gasteiger partial charge in [-0.05, 0) is 41.7 Å². The summed E-state index contributed by atoms with van der Waals surface area (Å²) in [6.45, 7) is 6.74. The lowest BCUT2D eigenvalue weighted by Gasteiger charge is -2.19. The predicted octanol–water partition coefficient (Wildman–Crippen LogP) is 3.66. The number of nitrogens with one attached hydrogen (secondary N) is 1. The number of pyridine rings is 1. The van der Waals surface area contributed by atoms with Crippen molar-refractivity contribution in [2.75, 3.05) is 16.8 Å². The molecule has 0 unspecified atom stereocenters. The molecule has 3 rings (SSSR count). The molecule has 1 aromatic carbocycles. The molecule has 0 aliphatic carbocycles. The highest BCUT2D eigenvalue weighted by molar-refractivity contribution is 6.07. The second kappa shape index (κ2) is 6.67. The number of benzene rings is 1. The van der Waals surface area contributed by atoms with Crippen LogP contribution in [0.1, 0.15) is 43.1 Å². The molecule has 0 saturated carbocycles. The lowest BCUT2D eigenvalue weighted by Crippen LogP contribution is -2.29. The number of hydrogen-bond donors (Lipinski definition) is 1. The fourth-order valence-electron chi connectivity index (χ4n) is 3.00. The molecule has 0 fully saturated rings. The Morgan fingerprint density at radius 3 is 2.72 bits per heavy atom. The summed E-state index contributed by atoms with van der Waals surface area (Å²) in [6.07, 6.45) is 4.49. The number of rotatable bonds is 3. The minimum atomic E-state index is -0.0663. The van der Waals surface area contributed by atoms with Crippen LogP contribution in [0.5, 0.6) is 0 Å². The largest absolute Gasteiger partial charge is 0.326 e. The van der Waals surface area contributed by atoms with Crippen LogP contribution in [0.15, 0.2) is 42.7 Å². The van der Waals surface area contributed by atoms with Crippen LogP contribution in [0.4, 0.5) is 11.4 Å². The summed E-state index contributed by atoms with van der Waals surface area (Å²) in [5.74, 6) is -0.0828. The summed E-state index contributed by atoms with van der Waals surface area (Å²) in [6, 6.07) is 9.29. The molecule has 2 heterocycles. The van der Waals surface area contributed by atoms with E-state index in [1.54, 1.807) is 29.4 Å². The molecule has 130 valence electrons. The Morgan fingerprint density at radius 1 is 1.24 bits per heavy atom. The highest BCUT2D eigenvalue weighted by atomic mass is 16.2. The third kappa shape index (κ3) is 4.05. The van der Waals surface area contributed by atoms with Gasteiger partial charge >= 0.3 is 0 Å². The van der Waals surface area contributed by atoms with Crippen molar-refractivity contribution in [3.05, 3.63) is 53.9 Å². The molecule has 1 aliphatic rings. The average Bonchev–Trinajstić information content (AvgIpc) is 2.96. The first-order valence-electron chi connectivity index (χ1n) is 8.48. The minimum Gasteiger partial charge on any atom is -0.326 e. The van der Waals surface area contributed by atoms with Crippen LogP contribution in [-0.4, -0.2) is 23.3 Å². The van der Waals surface area contributed by atoms with Gasteiger partial charge in [-0.25, -0.2) is 0 Å². The van der Waals surface area contributed by atoms with E-state index in [-0.39, 0.29) is 17.2 Å². The van der Waals surface area contributed by atoms with Gasteiger partial charge in [0.15, 0.2) is 0 Å². The number of anilines is 2. The molecule has 5 nitrogen and oxygen atoms in total. The Labute approximate surface area is 148 Å². The zero-order valence-electron chi connectivity index (χ0n) is 14.9. The predicted molar refractivity (Wildman–Crippen MR) is 98.8 cm³/mol. The van der Waals surface area contributed by atoms with E-state index in [1.807, 2.05) is 39.0 Å². The number of nitrogens with zero attached hydrogens (tertiary/aromatic N) is 2. The monoisotopic (exact) mass is 337 g/mol. The Kier molecular flexibility index (Phi) is 4.57. The van der Waals surface area contributed by atoms with E-state index in [1.165, 1.54) is 0 Å². The Hall–Kier alpha value is -2.69. The van der Waals surface area contributed by atoms with Crippen molar-refractivity contribution in [1.29, 1.82) is 0 Å². The van der Waals surface area contributed by atoms with Crippen molar-refractivity contribution in [1.82, 2.24) is 4.98 Å². The van der Waals surface area contributed by atoms with Gasteiger partial charge in [0.25, 0.3) is 5.91 Å². The van der Waals surface area contributed by atoms with Crippen LogP contribution in [-0.2, 0) is 11.2 Å². The van der Waals surface area contributed by atoms with Gasteiger partial charge in [-0.15, -0.1) is 0 Å². The van der Waals surface area contributed by atoms with E-state index in [0.717, 1.165) is 23.4 Å². The van der Waals surface area contributed by atoms with Crippen molar-refractivity contribution in [2.45, 2.75) is 33.6 Å². The van der Waals surface area contributed by atoms with Crippen molar-refractivity contribution in [3.8, 4) is 0 Å². The van der Waals surface area contributed by atoms with Crippen LogP contribution >= 0.6 is 0 Å². The highest BCUT2D eigenvalue weighted by Crippen LogP contribution is 2.32. The molecular weight excluding hydrogens is 314 g/mol. The normalized spacial score (nSPS) is 13.5. The van der Waals surface area contributed by atoms with Gasteiger partial charge in [0, 0.05) is 36.7 Å². The number of amides is 2. The maximum Gasteiger partial charge on any atom is 0.259 e. The summed E-state index contributed by atoms with van der Waals surface area (Å²) < 4.78 is 0. The van der Waals surface area contributed by atoms with Crippen LogP contribution < -0.4 is 10.2 Å². The molecule has 0 atom stereocenters. The zero-order chi connectivity index (χ0) is 18.0. The van der Waals surface area contributed by atoms with Crippen LogP contribution in [0.2, 0.25) is 0 Å².